The second-order valence-corrected chi connectivity index (χ2v) is 8.33. The maximum Gasteiger partial charge on any atom is 0.166 e. The first-order valence-corrected chi connectivity index (χ1v) is 11.4. The van der Waals surface area contributed by atoms with Crippen LogP contribution in [0.2, 0.25) is 0 Å². The Labute approximate surface area is 192 Å². The van der Waals surface area contributed by atoms with E-state index in [0.29, 0.717) is 6.61 Å². The van der Waals surface area contributed by atoms with Crippen molar-refractivity contribution in [1.82, 2.24) is 14.6 Å². The molecule has 0 spiro atoms. The molecule has 6 nitrogen and oxygen atoms in total. The fraction of sp³-hybridized carbons (Fsp3) is 0.308. The number of nitrogens with zero attached hydrogens (tertiary/aromatic N) is 4. The molecule has 0 saturated carbocycles. The fourth-order valence-corrected chi connectivity index (χ4v) is 4.63. The number of hydrogen-bond acceptors (Lipinski definition) is 5. The molecule has 5 rings (SSSR count). The Balaban J connectivity index is 1.72. The lowest BCUT2D eigenvalue weighted by Crippen LogP contribution is -2.32. The van der Waals surface area contributed by atoms with Gasteiger partial charge in [-0.1, -0.05) is 12.1 Å². The number of aryl methyl sites for hydroxylation is 1. The van der Waals surface area contributed by atoms with E-state index in [1.807, 2.05) is 48.7 Å². The molecule has 0 amide bonds. The van der Waals surface area contributed by atoms with Gasteiger partial charge in [-0.3, -0.25) is 0 Å². The van der Waals surface area contributed by atoms with Gasteiger partial charge in [0.15, 0.2) is 5.65 Å². The molecule has 0 radical (unpaired) electrons. The Morgan fingerprint density at radius 1 is 1.09 bits per heavy atom. The lowest BCUT2D eigenvalue weighted by molar-refractivity contribution is 0.266. The summed E-state index contributed by atoms with van der Waals surface area (Å²) in [6, 6.07) is 16.4. The predicted octanol–water partition coefficient (Wildman–Crippen LogP) is 4.87. The third kappa shape index (κ3) is 3.93. The van der Waals surface area contributed by atoms with Gasteiger partial charge in [-0.2, -0.15) is 5.10 Å². The molecule has 33 heavy (non-hydrogen) atoms. The SMILES string of the molecule is CCOc1ccc(-c2c(C)nn3c(-c4ccc(F)cc4)cc(N4CCCC4CO)nc23)cc1. The molecule has 0 bridgehead atoms. The second-order valence-electron chi connectivity index (χ2n) is 8.33. The topological polar surface area (TPSA) is 62.9 Å². The molecule has 1 unspecified atom stereocenters. The molecule has 1 aliphatic rings. The van der Waals surface area contributed by atoms with E-state index >= 15 is 0 Å². The summed E-state index contributed by atoms with van der Waals surface area (Å²) < 4.78 is 21.1. The standard InChI is InChI=1S/C26H27FN4O2/c1-3-33-22-12-8-19(9-13-22)25-17(2)29-31-23(18-6-10-20(27)11-7-18)15-24(28-26(25)31)30-14-4-5-21(30)16-32/h6-13,15,21,32H,3-5,14,16H2,1-2H3. The van der Waals surface area contributed by atoms with Gasteiger partial charge in [0.25, 0.3) is 0 Å². The molecule has 170 valence electrons. The van der Waals surface area contributed by atoms with E-state index in [9.17, 15) is 9.50 Å². The van der Waals surface area contributed by atoms with Gasteiger partial charge in [0.1, 0.15) is 17.4 Å². The number of benzene rings is 2. The van der Waals surface area contributed by atoms with Crippen molar-refractivity contribution in [2.45, 2.75) is 32.7 Å². The van der Waals surface area contributed by atoms with Gasteiger partial charge in [-0.25, -0.2) is 13.9 Å². The van der Waals surface area contributed by atoms with Gasteiger partial charge < -0.3 is 14.7 Å². The minimum absolute atomic E-state index is 0.0407. The van der Waals surface area contributed by atoms with Crippen LogP contribution in [-0.2, 0) is 0 Å². The average molecular weight is 447 g/mol. The highest BCUT2D eigenvalue weighted by molar-refractivity contribution is 5.83. The molecule has 0 aliphatic carbocycles. The monoisotopic (exact) mass is 446 g/mol. The van der Waals surface area contributed by atoms with Crippen LogP contribution < -0.4 is 9.64 Å². The molecule has 2 aromatic carbocycles. The number of ether oxygens (including phenoxy) is 1. The lowest BCUT2D eigenvalue weighted by atomic mass is 10.1. The molecule has 2 aromatic heterocycles. The second kappa shape index (κ2) is 8.83. The number of aromatic nitrogens is 3. The van der Waals surface area contributed by atoms with Gasteiger partial charge in [-0.05, 0) is 68.7 Å². The van der Waals surface area contributed by atoms with Crippen molar-refractivity contribution in [1.29, 1.82) is 0 Å². The number of fused-ring (bicyclic) bond motifs is 1. The van der Waals surface area contributed by atoms with Crippen LogP contribution in [0.4, 0.5) is 10.2 Å². The first-order chi connectivity index (χ1) is 16.1. The molecule has 3 heterocycles. The summed E-state index contributed by atoms with van der Waals surface area (Å²) in [6.45, 7) is 5.47. The molecule has 7 heteroatoms. The third-order valence-corrected chi connectivity index (χ3v) is 6.23. The zero-order valence-corrected chi connectivity index (χ0v) is 18.8. The average Bonchev–Trinajstić information content (AvgIpc) is 3.43. The van der Waals surface area contributed by atoms with Crippen LogP contribution in [0.3, 0.4) is 0 Å². The number of anilines is 1. The Morgan fingerprint density at radius 2 is 1.82 bits per heavy atom. The third-order valence-electron chi connectivity index (χ3n) is 6.23. The van der Waals surface area contributed by atoms with Crippen molar-refractivity contribution in [2.24, 2.45) is 0 Å². The number of aliphatic hydroxyl groups is 1. The number of aliphatic hydroxyl groups excluding tert-OH is 1. The Morgan fingerprint density at radius 3 is 2.52 bits per heavy atom. The summed E-state index contributed by atoms with van der Waals surface area (Å²) in [5.41, 5.74) is 5.22. The van der Waals surface area contributed by atoms with Gasteiger partial charge >= 0.3 is 0 Å². The van der Waals surface area contributed by atoms with E-state index in [4.69, 9.17) is 14.8 Å². The van der Waals surface area contributed by atoms with Crippen LogP contribution in [0.25, 0.3) is 28.0 Å². The number of hydrogen-bond donors (Lipinski definition) is 1. The highest BCUT2D eigenvalue weighted by atomic mass is 19.1. The maximum absolute atomic E-state index is 13.6. The van der Waals surface area contributed by atoms with E-state index in [2.05, 4.69) is 4.90 Å². The van der Waals surface area contributed by atoms with Crippen LogP contribution in [-0.4, -0.2) is 45.5 Å². The van der Waals surface area contributed by atoms with Crippen molar-refractivity contribution in [2.75, 3.05) is 24.7 Å². The smallest absolute Gasteiger partial charge is 0.166 e. The molecular formula is C26H27FN4O2. The first kappa shape index (κ1) is 21.4. The summed E-state index contributed by atoms with van der Waals surface area (Å²) in [5, 5.41) is 14.7. The Bertz CT molecular complexity index is 1270. The summed E-state index contributed by atoms with van der Waals surface area (Å²) in [7, 11) is 0. The van der Waals surface area contributed by atoms with Crippen molar-refractivity contribution in [3.05, 3.63) is 66.1 Å². The molecule has 1 atom stereocenters. The number of rotatable bonds is 6. The molecule has 4 aromatic rings. The van der Waals surface area contributed by atoms with Crippen molar-refractivity contribution in [3.63, 3.8) is 0 Å². The minimum atomic E-state index is -0.282. The largest absolute Gasteiger partial charge is 0.494 e. The van der Waals surface area contributed by atoms with Crippen LogP contribution in [0.15, 0.2) is 54.6 Å². The highest BCUT2D eigenvalue weighted by Crippen LogP contribution is 2.35. The van der Waals surface area contributed by atoms with Crippen LogP contribution >= 0.6 is 0 Å². The summed E-state index contributed by atoms with van der Waals surface area (Å²) >= 11 is 0. The van der Waals surface area contributed by atoms with Gasteiger partial charge in [0.2, 0.25) is 0 Å². The van der Waals surface area contributed by atoms with E-state index < -0.39 is 0 Å². The van der Waals surface area contributed by atoms with Gasteiger partial charge in [-0.15, -0.1) is 0 Å². The number of halogens is 1. The molecule has 1 saturated heterocycles. The minimum Gasteiger partial charge on any atom is -0.494 e. The van der Waals surface area contributed by atoms with Crippen LogP contribution in [0.1, 0.15) is 25.5 Å². The zero-order chi connectivity index (χ0) is 22.9. The molecule has 1 fully saturated rings. The van der Waals surface area contributed by atoms with E-state index in [-0.39, 0.29) is 18.5 Å². The molecular weight excluding hydrogens is 419 g/mol. The summed E-state index contributed by atoms with van der Waals surface area (Å²) in [5.74, 6) is 1.33. The zero-order valence-electron chi connectivity index (χ0n) is 18.8. The predicted molar refractivity (Wildman–Crippen MR) is 127 cm³/mol. The maximum atomic E-state index is 13.6. The van der Waals surface area contributed by atoms with Crippen LogP contribution in [0, 0.1) is 12.7 Å². The van der Waals surface area contributed by atoms with E-state index in [0.717, 1.165) is 64.7 Å². The molecule has 1 aliphatic heterocycles. The first-order valence-electron chi connectivity index (χ1n) is 11.4. The normalized spacial score (nSPS) is 16.0. The van der Waals surface area contributed by atoms with Crippen LogP contribution in [0.5, 0.6) is 5.75 Å². The quantitative estimate of drug-likeness (QED) is 0.458. The summed E-state index contributed by atoms with van der Waals surface area (Å²) in [4.78, 5) is 7.19. The van der Waals surface area contributed by atoms with Crippen molar-refractivity contribution in [3.8, 4) is 28.1 Å². The summed E-state index contributed by atoms with van der Waals surface area (Å²) in [6.07, 6.45) is 1.94. The van der Waals surface area contributed by atoms with Gasteiger partial charge in [0.05, 0.1) is 30.6 Å². The van der Waals surface area contributed by atoms with Gasteiger partial charge in [0, 0.05) is 23.7 Å². The van der Waals surface area contributed by atoms with Crippen molar-refractivity contribution < 1.29 is 14.2 Å². The van der Waals surface area contributed by atoms with E-state index in [1.165, 1.54) is 12.1 Å². The lowest BCUT2D eigenvalue weighted by Gasteiger charge is -2.25. The Hall–Kier alpha value is -3.45. The van der Waals surface area contributed by atoms with Crippen molar-refractivity contribution >= 4 is 11.5 Å². The fourth-order valence-electron chi connectivity index (χ4n) is 4.63. The highest BCUT2D eigenvalue weighted by Gasteiger charge is 2.27. The Kier molecular flexibility index (Phi) is 5.72. The molecule has 1 N–H and O–H groups in total. The van der Waals surface area contributed by atoms with E-state index in [1.54, 1.807) is 12.1 Å².